The van der Waals surface area contributed by atoms with Gasteiger partial charge in [0.05, 0.1) is 26.6 Å². The van der Waals surface area contributed by atoms with Gasteiger partial charge in [-0.05, 0) is 75.2 Å². The van der Waals surface area contributed by atoms with Gasteiger partial charge in [-0.2, -0.15) is 0 Å². The number of methoxy groups -OCH3 is 2. The molecule has 0 bridgehead atoms. The van der Waals surface area contributed by atoms with E-state index in [9.17, 15) is 9.59 Å². The van der Waals surface area contributed by atoms with E-state index in [4.69, 9.17) is 18.9 Å². The van der Waals surface area contributed by atoms with Crippen LogP contribution < -0.4 is 14.8 Å². The highest BCUT2D eigenvalue weighted by molar-refractivity contribution is 5.84. The molecule has 0 radical (unpaired) electrons. The van der Waals surface area contributed by atoms with Gasteiger partial charge in [-0.3, -0.25) is 9.59 Å². The highest BCUT2D eigenvalue weighted by Gasteiger charge is 2.38. The molecule has 0 spiro atoms. The van der Waals surface area contributed by atoms with Crippen molar-refractivity contribution in [1.82, 2.24) is 5.32 Å². The maximum absolute atomic E-state index is 14.1. The van der Waals surface area contributed by atoms with Crippen LogP contribution in [-0.2, 0) is 31.1 Å². The summed E-state index contributed by atoms with van der Waals surface area (Å²) in [5.41, 5.74) is 6.97. The summed E-state index contributed by atoms with van der Waals surface area (Å²) in [6.45, 7) is 0.0563. The number of benzene rings is 6. The van der Waals surface area contributed by atoms with Crippen molar-refractivity contribution < 1.29 is 28.5 Å². The van der Waals surface area contributed by atoms with E-state index in [0.29, 0.717) is 17.9 Å². The van der Waals surface area contributed by atoms with Crippen molar-refractivity contribution in [3.63, 3.8) is 0 Å². The van der Waals surface area contributed by atoms with Crippen molar-refractivity contribution >= 4 is 11.9 Å². The molecule has 1 aliphatic rings. The van der Waals surface area contributed by atoms with Crippen LogP contribution >= 0.6 is 0 Å². The van der Waals surface area contributed by atoms with Gasteiger partial charge >= 0.3 is 5.97 Å². The van der Waals surface area contributed by atoms with Crippen molar-refractivity contribution in [2.75, 3.05) is 27.6 Å². The van der Waals surface area contributed by atoms with Gasteiger partial charge in [0.2, 0.25) is 5.91 Å². The van der Waals surface area contributed by atoms with Gasteiger partial charge in [0, 0.05) is 5.92 Å². The lowest BCUT2D eigenvalue weighted by Crippen LogP contribution is -2.40. The van der Waals surface area contributed by atoms with Crippen molar-refractivity contribution in [2.45, 2.75) is 24.4 Å². The number of hydrogen-bond acceptors (Lipinski definition) is 6. The molecule has 1 amide bonds. The number of hydrogen-bond donors (Lipinski definition) is 1. The Labute approximate surface area is 316 Å². The van der Waals surface area contributed by atoms with E-state index in [1.165, 1.54) is 0 Å². The summed E-state index contributed by atoms with van der Waals surface area (Å²) < 4.78 is 23.8. The molecule has 0 heterocycles. The predicted octanol–water partition coefficient (Wildman–Crippen LogP) is 8.69. The molecule has 0 saturated heterocycles. The molecular weight excluding hydrogens is 675 g/mol. The molecule has 6 aromatic carbocycles. The first-order valence-electron chi connectivity index (χ1n) is 18.1. The first kappa shape index (κ1) is 36.2. The molecular formula is C47H43NO6. The van der Waals surface area contributed by atoms with Crippen LogP contribution in [0.3, 0.4) is 0 Å². The van der Waals surface area contributed by atoms with E-state index < -0.39 is 17.5 Å². The zero-order valence-corrected chi connectivity index (χ0v) is 30.4. The SMILES string of the molecule is COc1ccc(C(OCNC(=O)[C@@H](CC(=O)OCC2c3ccccc3-c3ccccc32)Cc2ccccc2)(c2ccccc2)c2ccc(OC)cc2)cc1. The minimum absolute atomic E-state index is 0.0711. The fourth-order valence-corrected chi connectivity index (χ4v) is 7.47. The zero-order valence-electron chi connectivity index (χ0n) is 30.4. The van der Waals surface area contributed by atoms with Crippen molar-refractivity contribution in [3.05, 3.63) is 191 Å². The third kappa shape index (κ3) is 7.63. The Morgan fingerprint density at radius 2 is 1.09 bits per heavy atom. The molecule has 7 nitrogen and oxygen atoms in total. The first-order chi connectivity index (χ1) is 26.5. The van der Waals surface area contributed by atoms with Crippen LogP contribution in [0.1, 0.15) is 45.7 Å². The van der Waals surface area contributed by atoms with Crippen molar-refractivity contribution in [3.8, 4) is 22.6 Å². The lowest BCUT2D eigenvalue weighted by Gasteiger charge is -2.36. The molecule has 0 aliphatic heterocycles. The molecule has 0 unspecified atom stereocenters. The maximum Gasteiger partial charge on any atom is 0.306 e. The normalized spacial score (nSPS) is 12.6. The number of amides is 1. The molecule has 1 aliphatic carbocycles. The largest absolute Gasteiger partial charge is 0.497 e. The van der Waals surface area contributed by atoms with Crippen LogP contribution in [0, 0.1) is 5.92 Å². The Morgan fingerprint density at radius 3 is 1.63 bits per heavy atom. The molecule has 0 aromatic heterocycles. The lowest BCUT2D eigenvalue weighted by molar-refractivity contribution is -0.147. The molecule has 1 atom stereocenters. The summed E-state index contributed by atoms with van der Waals surface area (Å²) in [5.74, 6) is -0.0814. The number of rotatable bonds is 15. The van der Waals surface area contributed by atoms with E-state index in [1.54, 1.807) is 14.2 Å². The van der Waals surface area contributed by atoms with Crippen LogP contribution in [0.5, 0.6) is 11.5 Å². The van der Waals surface area contributed by atoms with E-state index in [1.807, 2.05) is 133 Å². The summed E-state index contributed by atoms with van der Waals surface area (Å²) in [6, 6.07) is 51.5. The number of nitrogens with one attached hydrogen (secondary N) is 1. The number of fused-ring (bicyclic) bond motifs is 3. The fourth-order valence-electron chi connectivity index (χ4n) is 7.47. The Morgan fingerprint density at radius 1 is 0.611 bits per heavy atom. The Hall–Kier alpha value is -6.18. The minimum Gasteiger partial charge on any atom is -0.497 e. The molecule has 0 saturated carbocycles. The summed E-state index contributed by atoms with van der Waals surface area (Å²) in [4.78, 5) is 27.7. The number of carbonyl (C=O) groups is 2. The van der Waals surface area contributed by atoms with Crippen molar-refractivity contribution in [2.24, 2.45) is 5.92 Å². The van der Waals surface area contributed by atoms with Crippen LogP contribution in [0.4, 0.5) is 0 Å². The number of ether oxygens (including phenoxy) is 4. The summed E-state index contributed by atoms with van der Waals surface area (Å²) in [6.07, 6.45) is 0.273. The Kier molecular flexibility index (Phi) is 11.2. The van der Waals surface area contributed by atoms with Gasteiger partial charge in [-0.15, -0.1) is 0 Å². The second kappa shape index (κ2) is 16.7. The second-order valence-corrected chi connectivity index (χ2v) is 13.3. The average Bonchev–Trinajstić information content (AvgIpc) is 3.55. The quantitative estimate of drug-likeness (QED) is 0.0651. The molecule has 7 heteroatoms. The van der Waals surface area contributed by atoms with E-state index in [2.05, 4.69) is 29.6 Å². The van der Waals surface area contributed by atoms with Crippen LogP contribution in [0.25, 0.3) is 11.1 Å². The van der Waals surface area contributed by atoms with Crippen LogP contribution in [0.2, 0.25) is 0 Å². The van der Waals surface area contributed by atoms with Gasteiger partial charge in [0.15, 0.2) is 0 Å². The van der Waals surface area contributed by atoms with Gasteiger partial charge < -0.3 is 24.3 Å². The molecule has 1 N–H and O–H groups in total. The highest BCUT2D eigenvalue weighted by Crippen LogP contribution is 2.45. The maximum atomic E-state index is 14.1. The monoisotopic (exact) mass is 717 g/mol. The standard InChI is InChI=1S/C47H43NO6/c1-51-38-25-21-36(22-26-38)47(35-15-7-4-8-16-35,37-23-27-39(52-2)28-24-37)54-32-48-46(50)34(29-33-13-5-3-6-14-33)30-45(49)53-31-44-42-19-11-9-17-40(42)41-18-10-12-20-43(41)44/h3-28,34,44H,29-32H2,1-2H3,(H,48,50)/t34-/m1/s1. The summed E-state index contributed by atoms with van der Waals surface area (Å²) >= 11 is 0. The Bertz CT molecular complexity index is 2070. The molecule has 0 fully saturated rings. The third-order valence-corrected chi connectivity index (χ3v) is 10.2. The summed E-state index contributed by atoms with van der Waals surface area (Å²) in [5, 5.41) is 3.02. The minimum atomic E-state index is -1.12. The van der Waals surface area contributed by atoms with E-state index >= 15 is 0 Å². The van der Waals surface area contributed by atoms with Gasteiger partial charge in [0.1, 0.15) is 30.4 Å². The molecule has 6 aromatic rings. The summed E-state index contributed by atoms with van der Waals surface area (Å²) in [7, 11) is 3.26. The average molecular weight is 718 g/mol. The van der Waals surface area contributed by atoms with Gasteiger partial charge in [0.25, 0.3) is 0 Å². The number of carbonyl (C=O) groups excluding carboxylic acids is 2. The molecule has 7 rings (SSSR count). The van der Waals surface area contributed by atoms with Gasteiger partial charge in [-0.25, -0.2) is 0 Å². The fraction of sp³-hybridized carbons (Fsp3) is 0.191. The van der Waals surface area contributed by atoms with Crippen LogP contribution in [0.15, 0.2) is 158 Å². The highest BCUT2D eigenvalue weighted by atomic mass is 16.5. The number of esters is 1. The smallest absolute Gasteiger partial charge is 0.306 e. The van der Waals surface area contributed by atoms with Crippen LogP contribution in [-0.4, -0.2) is 39.4 Å². The second-order valence-electron chi connectivity index (χ2n) is 13.3. The molecule has 54 heavy (non-hydrogen) atoms. The van der Waals surface area contributed by atoms with E-state index in [0.717, 1.165) is 44.5 Å². The topological polar surface area (TPSA) is 83.1 Å². The molecule has 272 valence electrons. The third-order valence-electron chi connectivity index (χ3n) is 10.2. The first-order valence-corrected chi connectivity index (χ1v) is 18.1. The zero-order chi connectivity index (χ0) is 37.3. The van der Waals surface area contributed by atoms with Crippen molar-refractivity contribution in [1.29, 1.82) is 0 Å². The van der Waals surface area contributed by atoms with E-state index in [-0.39, 0.29) is 31.6 Å². The van der Waals surface area contributed by atoms with Gasteiger partial charge in [-0.1, -0.05) is 133 Å². The lowest BCUT2D eigenvalue weighted by atomic mass is 9.80. The predicted molar refractivity (Wildman–Crippen MR) is 209 cm³/mol. The Balaban J connectivity index is 1.12.